The van der Waals surface area contributed by atoms with Gasteiger partial charge in [-0.05, 0) is 65.3 Å². The van der Waals surface area contributed by atoms with Crippen LogP contribution in [0.2, 0.25) is 0 Å². The summed E-state index contributed by atoms with van der Waals surface area (Å²) in [5.41, 5.74) is 7.51. The van der Waals surface area contributed by atoms with E-state index in [2.05, 4.69) is 52.4 Å². The Morgan fingerprint density at radius 1 is 0.886 bits per heavy atom. The van der Waals surface area contributed by atoms with E-state index in [1.165, 1.54) is 28.3 Å². The average molecular weight is 466 g/mol. The molecule has 6 rings (SSSR count). The molecule has 4 nitrogen and oxygen atoms in total. The van der Waals surface area contributed by atoms with Gasteiger partial charge in [-0.2, -0.15) is 0 Å². The van der Waals surface area contributed by atoms with E-state index >= 15 is 0 Å². The van der Waals surface area contributed by atoms with Crippen LogP contribution in [0.25, 0.3) is 10.8 Å². The van der Waals surface area contributed by atoms with Gasteiger partial charge in [0.05, 0.1) is 5.69 Å². The molecule has 5 heteroatoms. The Hall–Kier alpha value is -3.70. The Kier molecular flexibility index (Phi) is 5.50. The number of carbonyl (C=O) groups excluding carboxylic acids is 1. The molecule has 1 amide bonds. The van der Waals surface area contributed by atoms with Crippen LogP contribution in [0, 0.1) is 12.7 Å². The molecule has 176 valence electrons. The zero-order valence-corrected chi connectivity index (χ0v) is 19.9. The number of nitrogens with zero attached hydrogens (tertiary/aromatic N) is 2. The van der Waals surface area contributed by atoms with Gasteiger partial charge in [0.2, 0.25) is 0 Å². The Balaban J connectivity index is 1.15. The fourth-order valence-corrected chi connectivity index (χ4v) is 5.47. The number of benzene rings is 4. The highest BCUT2D eigenvalue weighted by atomic mass is 19.1. The average Bonchev–Trinajstić information content (AvgIpc) is 3.20. The number of piperazine rings is 1. The summed E-state index contributed by atoms with van der Waals surface area (Å²) in [6, 6.07) is 23.9. The number of hydrogen-bond donors (Lipinski definition) is 1. The van der Waals surface area contributed by atoms with E-state index < -0.39 is 0 Å². The molecule has 0 aliphatic carbocycles. The smallest absolute Gasteiger partial charge is 0.256 e. The second-order valence-electron chi connectivity index (χ2n) is 9.61. The van der Waals surface area contributed by atoms with E-state index in [1.54, 1.807) is 6.07 Å². The van der Waals surface area contributed by atoms with Gasteiger partial charge in [0.15, 0.2) is 0 Å². The van der Waals surface area contributed by atoms with Crippen LogP contribution < -0.4 is 10.2 Å². The van der Waals surface area contributed by atoms with E-state index in [0.29, 0.717) is 5.69 Å². The number of rotatable bonds is 5. The molecule has 0 radical (unpaired) electrons. The zero-order chi connectivity index (χ0) is 23.9. The van der Waals surface area contributed by atoms with Gasteiger partial charge in [-0.1, -0.05) is 48.5 Å². The lowest BCUT2D eigenvalue weighted by Gasteiger charge is -2.36. The van der Waals surface area contributed by atoms with Gasteiger partial charge < -0.3 is 10.2 Å². The highest BCUT2D eigenvalue weighted by Gasteiger charge is 2.23. The highest BCUT2D eigenvalue weighted by Crippen LogP contribution is 2.35. The van der Waals surface area contributed by atoms with Crippen LogP contribution in [0.5, 0.6) is 0 Å². The number of para-hydroxylation sites is 1. The lowest BCUT2D eigenvalue weighted by Crippen LogP contribution is -2.46. The van der Waals surface area contributed by atoms with E-state index in [1.807, 2.05) is 30.3 Å². The topological polar surface area (TPSA) is 35.6 Å². The molecular weight excluding hydrogens is 437 g/mol. The zero-order valence-electron chi connectivity index (χ0n) is 19.9. The van der Waals surface area contributed by atoms with Crippen molar-refractivity contribution < 1.29 is 9.18 Å². The summed E-state index contributed by atoms with van der Waals surface area (Å²) < 4.78 is 14.1. The Morgan fingerprint density at radius 3 is 2.49 bits per heavy atom. The number of halogens is 1. The predicted molar refractivity (Wildman–Crippen MR) is 140 cm³/mol. The van der Waals surface area contributed by atoms with E-state index in [0.717, 1.165) is 61.2 Å². The largest absolute Gasteiger partial charge is 0.367 e. The van der Waals surface area contributed by atoms with Crippen LogP contribution in [-0.4, -0.2) is 37.0 Å². The summed E-state index contributed by atoms with van der Waals surface area (Å²) in [6.45, 7) is 6.60. The van der Waals surface area contributed by atoms with Crippen molar-refractivity contribution in [3.8, 4) is 0 Å². The third-order valence-electron chi connectivity index (χ3n) is 7.38. The van der Waals surface area contributed by atoms with Gasteiger partial charge in [-0.15, -0.1) is 0 Å². The predicted octanol–water partition coefficient (Wildman–Crippen LogP) is 5.77. The first-order chi connectivity index (χ1) is 17.1. The molecule has 0 unspecified atom stereocenters. The summed E-state index contributed by atoms with van der Waals surface area (Å²) in [6.07, 6.45) is 0.830. The second-order valence-corrected chi connectivity index (χ2v) is 9.61. The first-order valence-electron chi connectivity index (χ1n) is 12.2. The minimum absolute atomic E-state index is 0.0160. The van der Waals surface area contributed by atoms with Crippen molar-refractivity contribution in [2.45, 2.75) is 19.9 Å². The number of amides is 1. The number of nitrogens with one attached hydrogen (secondary N) is 1. The van der Waals surface area contributed by atoms with Crippen LogP contribution in [0.15, 0.2) is 72.8 Å². The summed E-state index contributed by atoms with van der Waals surface area (Å²) in [4.78, 5) is 16.8. The maximum atomic E-state index is 14.1. The Bertz CT molecular complexity index is 1440. The molecule has 4 aromatic carbocycles. The Morgan fingerprint density at radius 2 is 1.69 bits per heavy atom. The molecule has 0 bridgehead atoms. The highest BCUT2D eigenvalue weighted by molar-refractivity contribution is 6.24. The van der Waals surface area contributed by atoms with Crippen molar-refractivity contribution in [2.75, 3.05) is 36.4 Å². The van der Waals surface area contributed by atoms with Gasteiger partial charge >= 0.3 is 0 Å². The molecule has 1 fully saturated rings. The van der Waals surface area contributed by atoms with Gasteiger partial charge in [0, 0.05) is 49.4 Å². The standard InChI is InChI=1S/C30H28FN3O/c1-20-17-21(18-22-11-12-27-29-24(22)5-4-6-25(29)30(35)32-27)9-10-23(20)19-33-13-15-34(16-14-33)28-8-3-2-7-26(28)31/h2-12,17H,13-16,18-19H2,1H3,(H,32,35). The molecule has 35 heavy (non-hydrogen) atoms. The molecule has 1 saturated heterocycles. The summed E-state index contributed by atoms with van der Waals surface area (Å²) in [5, 5.41) is 5.15. The van der Waals surface area contributed by atoms with Gasteiger partial charge in [-0.3, -0.25) is 9.69 Å². The van der Waals surface area contributed by atoms with Crippen molar-refractivity contribution in [3.05, 3.63) is 106 Å². The minimum Gasteiger partial charge on any atom is -0.367 e. The first kappa shape index (κ1) is 21.8. The third-order valence-corrected chi connectivity index (χ3v) is 7.38. The molecule has 0 aromatic heterocycles. The van der Waals surface area contributed by atoms with Crippen molar-refractivity contribution in [1.82, 2.24) is 4.90 Å². The Labute approximate surface area is 205 Å². The van der Waals surface area contributed by atoms with Crippen molar-refractivity contribution in [1.29, 1.82) is 0 Å². The molecule has 4 aromatic rings. The van der Waals surface area contributed by atoms with Gasteiger partial charge in [0.25, 0.3) is 5.91 Å². The molecule has 0 atom stereocenters. The molecule has 0 spiro atoms. The van der Waals surface area contributed by atoms with Gasteiger partial charge in [0.1, 0.15) is 5.82 Å². The maximum Gasteiger partial charge on any atom is 0.256 e. The molecule has 0 saturated carbocycles. The SMILES string of the molecule is Cc1cc(Cc2ccc3c4c(cccc24)C(=O)N3)ccc1CN1CCN(c2ccccc2F)CC1. The monoisotopic (exact) mass is 465 g/mol. The number of carbonyl (C=O) groups is 1. The molecule has 1 N–H and O–H groups in total. The van der Waals surface area contributed by atoms with Crippen LogP contribution in [0.1, 0.15) is 32.6 Å². The normalized spacial score (nSPS) is 15.6. The maximum absolute atomic E-state index is 14.1. The van der Waals surface area contributed by atoms with Crippen LogP contribution in [-0.2, 0) is 13.0 Å². The van der Waals surface area contributed by atoms with Crippen molar-refractivity contribution in [3.63, 3.8) is 0 Å². The van der Waals surface area contributed by atoms with Crippen molar-refractivity contribution in [2.24, 2.45) is 0 Å². The van der Waals surface area contributed by atoms with Gasteiger partial charge in [-0.25, -0.2) is 4.39 Å². The molecular formula is C30H28FN3O. The summed E-state index contributed by atoms with van der Waals surface area (Å²) in [5.74, 6) is -0.159. The number of hydrogen-bond acceptors (Lipinski definition) is 3. The third kappa shape index (κ3) is 4.06. The van der Waals surface area contributed by atoms with E-state index in [9.17, 15) is 9.18 Å². The quantitative estimate of drug-likeness (QED) is 0.407. The first-order valence-corrected chi connectivity index (χ1v) is 12.2. The van der Waals surface area contributed by atoms with Crippen LogP contribution in [0.4, 0.5) is 15.8 Å². The molecule has 2 aliphatic heterocycles. The lowest BCUT2D eigenvalue weighted by molar-refractivity contribution is 0.103. The fraction of sp³-hybridized carbons (Fsp3) is 0.233. The minimum atomic E-state index is -0.143. The van der Waals surface area contributed by atoms with E-state index in [4.69, 9.17) is 0 Å². The summed E-state index contributed by atoms with van der Waals surface area (Å²) >= 11 is 0. The van der Waals surface area contributed by atoms with E-state index in [-0.39, 0.29) is 11.7 Å². The second kappa shape index (κ2) is 8.82. The van der Waals surface area contributed by atoms with Crippen LogP contribution >= 0.6 is 0 Å². The van der Waals surface area contributed by atoms with Crippen molar-refractivity contribution >= 4 is 28.1 Å². The number of aryl methyl sites for hydroxylation is 1. The number of anilines is 2. The molecule has 2 heterocycles. The fourth-order valence-electron chi connectivity index (χ4n) is 5.47. The summed E-state index contributed by atoms with van der Waals surface area (Å²) in [7, 11) is 0. The molecule has 2 aliphatic rings. The lowest BCUT2D eigenvalue weighted by atomic mass is 9.94. The van der Waals surface area contributed by atoms with Crippen LogP contribution in [0.3, 0.4) is 0 Å².